The van der Waals surface area contributed by atoms with Crippen molar-refractivity contribution in [3.63, 3.8) is 0 Å². The van der Waals surface area contributed by atoms with E-state index in [1.807, 2.05) is 0 Å². The monoisotopic (exact) mass is 211 g/mol. The first kappa shape index (κ1) is 11.4. The van der Waals surface area contributed by atoms with Crippen LogP contribution in [0, 0.1) is 17.8 Å². The second-order valence-corrected chi connectivity index (χ2v) is 5.18. The number of rotatable bonds is 3. The van der Waals surface area contributed by atoms with Gasteiger partial charge in [0.2, 0.25) is 0 Å². The van der Waals surface area contributed by atoms with Gasteiger partial charge in [-0.1, -0.05) is 13.3 Å². The van der Waals surface area contributed by atoms with Crippen LogP contribution >= 0.6 is 0 Å². The summed E-state index contributed by atoms with van der Waals surface area (Å²) in [5, 5.41) is 3.55. The summed E-state index contributed by atoms with van der Waals surface area (Å²) in [6.07, 6.45) is 6.79. The van der Waals surface area contributed by atoms with Crippen molar-refractivity contribution in [1.82, 2.24) is 5.32 Å². The van der Waals surface area contributed by atoms with Gasteiger partial charge in [-0.15, -0.1) is 0 Å². The van der Waals surface area contributed by atoms with E-state index in [4.69, 9.17) is 4.74 Å². The highest BCUT2D eigenvalue weighted by molar-refractivity contribution is 4.83. The van der Waals surface area contributed by atoms with Crippen LogP contribution in [-0.4, -0.2) is 26.3 Å². The molecule has 2 nitrogen and oxygen atoms in total. The Morgan fingerprint density at radius 1 is 1.33 bits per heavy atom. The summed E-state index contributed by atoms with van der Waals surface area (Å²) in [6, 6.07) is 0. The summed E-state index contributed by atoms with van der Waals surface area (Å²) < 4.78 is 5.64. The van der Waals surface area contributed by atoms with Gasteiger partial charge in [-0.2, -0.15) is 0 Å². The Balaban J connectivity index is 1.90. The third-order valence-corrected chi connectivity index (χ3v) is 4.13. The molecule has 0 radical (unpaired) electrons. The third-order valence-electron chi connectivity index (χ3n) is 4.13. The highest BCUT2D eigenvalue weighted by atomic mass is 16.5. The van der Waals surface area contributed by atoms with E-state index in [9.17, 15) is 0 Å². The van der Waals surface area contributed by atoms with E-state index in [2.05, 4.69) is 12.2 Å². The fourth-order valence-corrected chi connectivity index (χ4v) is 3.35. The Kier molecular flexibility index (Phi) is 4.45. The molecule has 0 aliphatic carbocycles. The molecule has 2 heteroatoms. The van der Waals surface area contributed by atoms with E-state index in [-0.39, 0.29) is 0 Å². The maximum absolute atomic E-state index is 5.64. The van der Waals surface area contributed by atoms with E-state index in [1.54, 1.807) is 0 Å². The van der Waals surface area contributed by atoms with Gasteiger partial charge in [0.05, 0.1) is 0 Å². The first-order valence-corrected chi connectivity index (χ1v) is 6.70. The second-order valence-electron chi connectivity index (χ2n) is 5.18. The van der Waals surface area contributed by atoms with Crippen LogP contribution in [0.5, 0.6) is 0 Å². The van der Waals surface area contributed by atoms with E-state index in [1.165, 1.54) is 45.2 Å². The molecule has 3 atom stereocenters. The van der Waals surface area contributed by atoms with Gasteiger partial charge >= 0.3 is 0 Å². The predicted molar refractivity (Wildman–Crippen MR) is 62.9 cm³/mol. The smallest absolute Gasteiger partial charge is 0.0497 e. The van der Waals surface area contributed by atoms with Crippen molar-refractivity contribution in [2.75, 3.05) is 26.3 Å². The molecule has 2 saturated heterocycles. The van der Waals surface area contributed by atoms with Crippen molar-refractivity contribution in [2.45, 2.75) is 39.0 Å². The second kappa shape index (κ2) is 5.86. The molecule has 2 rings (SSSR count). The summed E-state index contributed by atoms with van der Waals surface area (Å²) in [5.41, 5.74) is 0. The Hall–Kier alpha value is -0.0800. The summed E-state index contributed by atoms with van der Waals surface area (Å²) in [6.45, 7) is 6.81. The molecule has 2 aliphatic rings. The first-order valence-electron chi connectivity index (χ1n) is 6.70. The fourth-order valence-electron chi connectivity index (χ4n) is 3.35. The van der Waals surface area contributed by atoms with Crippen molar-refractivity contribution in [2.24, 2.45) is 17.8 Å². The minimum Gasteiger partial charge on any atom is -0.381 e. The van der Waals surface area contributed by atoms with Crippen LogP contribution in [0.4, 0.5) is 0 Å². The average molecular weight is 211 g/mol. The van der Waals surface area contributed by atoms with E-state index in [0.29, 0.717) is 0 Å². The van der Waals surface area contributed by atoms with Gasteiger partial charge in [-0.3, -0.25) is 0 Å². The lowest BCUT2D eigenvalue weighted by atomic mass is 9.73. The maximum atomic E-state index is 5.64. The van der Waals surface area contributed by atoms with Crippen LogP contribution in [0.3, 0.4) is 0 Å². The van der Waals surface area contributed by atoms with Gasteiger partial charge in [-0.05, 0) is 56.5 Å². The highest BCUT2D eigenvalue weighted by Gasteiger charge is 2.32. The molecule has 3 unspecified atom stereocenters. The van der Waals surface area contributed by atoms with Crippen molar-refractivity contribution in [1.29, 1.82) is 0 Å². The molecule has 2 heterocycles. The van der Waals surface area contributed by atoms with Crippen molar-refractivity contribution < 1.29 is 4.74 Å². The Morgan fingerprint density at radius 2 is 2.27 bits per heavy atom. The Bertz CT molecular complexity index is 165. The number of piperidine rings is 1. The highest BCUT2D eigenvalue weighted by Crippen LogP contribution is 2.34. The number of ether oxygens (including phenoxy) is 1. The van der Waals surface area contributed by atoms with Crippen LogP contribution in [0.1, 0.15) is 39.0 Å². The van der Waals surface area contributed by atoms with Crippen molar-refractivity contribution in [3.05, 3.63) is 0 Å². The third kappa shape index (κ3) is 2.94. The molecular weight excluding hydrogens is 186 g/mol. The predicted octanol–water partition coefficient (Wildman–Crippen LogP) is 2.44. The minimum absolute atomic E-state index is 0.859. The summed E-state index contributed by atoms with van der Waals surface area (Å²) in [5.74, 6) is 2.71. The molecule has 0 amide bonds. The summed E-state index contributed by atoms with van der Waals surface area (Å²) in [7, 11) is 0. The quantitative estimate of drug-likeness (QED) is 0.774. The van der Waals surface area contributed by atoms with Crippen molar-refractivity contribution in [3.8, 4) is 0 Å². The lowest BCUT2D eigenvalue weighted by Gasteiger charge is -2.39. The van der Waals surface area contributed by atoms with Crippen LogP contribution < -0.4 is 5.32 Å². The topological polar surface area (TPSA) is 21.3 Å². The van der Waals surface area contributed by atoms with Crippen LogP contribution in [0.25, 0.3) is 0 Å². The normalized spacial score (nSPS) is 37.8. The number of hydrogen-bond acceptors (Lipinski definition) is 2. The van der Waals surface area contributed by atoms with E-state index >= 15 is 0 Å². The number of hydrogen-bond donors (Lipinski definition) is 1. The molecule has 0 aromatic heterocycles. The Morgan fingerprint density at radius 3 is 3.00 bits per heavy atom. The molecule has 0 spiro atoms. The molecule has 2 fully saturated rings. The minimum atomic E-state index is 0.859. The largest absolute Gasteiger partial charge is 0.381 e. The van der Waals surface area contributed by atoms with Crippen LogP contribution in [0.15, 0.2) is 0 Å². The summed E-state index contributed by atoms with van der Waals surface area (Å²) in [4.78, 5) is 0. The molecule has 0 bridgehead atoms. The van der Waals surface area contributed by atoms with Gasteiger partial charge < -0.3 is 10.1 Å². The van der Waals surface area contributed by atoms with E-state index in [0.717, 1.165) is 31.0 Å². The van der Waals surface area contributed by atoms with Gasteiger partial charge in [0.25, 0.3) is 0 Å². The molecule has 0 saturated carbocycles. The molecule has 1 N–H and O–H groups in total. The summed E-state index contributed by atoms with van der Waals surface area (Å²) >= 11 is 0. The molecule has 0 aromatic rings. The lowest BCUT2D eigenvalue weighted by molar-refractivity contribution is 0.00720. The Labute approximate surface area is 93.8 Å². The molecule has 2 aliphatic heterocycles. The standard InChI is InChI=1S/C13H25NO/c1-2-4-11-9-14-7-6-13(11)12-5-3-8-15-10-12/h11-14H,2-10H2,1H3. The SMILES string of the molecule is CCCC1CNCCC1C1CCCOC1. The fraction of sp³-hybridized carbons (Fsp3) is 1.00. The molecular formula is C13H25NO. The van der Waals surface area contributed by atoms with Crippen LogP contribution in [-0.2, 0) is 4.74 Å². The molecule has 0 aromatic carbocycles. The lowest BCUT2D eigenvalue weighted by Crippen LogP contribution is -2.42. The van der Waals surface area contributed by atoms with Gasteiger partial charge in [0, 0.05) is 13.2 Å². The average Bonchev–Trinajstić information content (AvgIpc) is 2.31. The van der Waals surface area contributed by atoms with Gasteiger partial charge in [0.1, 0.15) is 0 Å². The van der Waals surface area contributed by atoms with Gasteiger partial charge in [0.15, 0.2) is 0 Å². The van der Waals surface area contributed by atoms with Gasteiger partial charge in [-0.25, -0.2) is 0 Å². The zero-order chi connectivity index (χ0) is 10.5. The number of nitrogens with one attached hydrogen (secondary N) is 1. The maximum Gasteiger partial charge on any atom is 0.0497 e. The zero-order valence-electron chi connectivity index (χ0n) is 10.0. The van der Waals surface area contributed by atoms with Crippen LogP contribution in [0.2, 0.25) is 0 Å². The molecule has 88 valence electrons. The molecule has 15 heavy (non-hydrogen) atoms. The van der Waals surface area contributed by atoms with Crippen molar-refractivity contribution >= 4 is 0 Å². The zero-order valence-corrected chi connectivity index (χ0v) is 10.0. The first-order chi connectivity index (χ1) is 7.42. The van der Waals surface area contributed by atoms with E-state index < -0.39 is 0 Å².